The first-order chi connectivity index (χ1) is 6.69. The fourth-order valence-corrected chi connectivity index (χ4v) is 2.40. The van der Waals surface area contributed by atoms with Gasteiger partial charge in [-0.1, -0.05) is 24.9 Å². The molecule has 0 fully saturated rings. The van der Waals surface area contributed by atoms with Crippen molar-refractivity contribution in [1.29, 1.82) is 5.26 Å². The molecule has 0 aromatic carbocycles. The molecule has 1 aromatic heterocycles. The number of aliphatic hydroxyl groups excluding tert-OH is 1. The van der Waals surface area contributed by atoms with Gasteiger partial charge in [0.25, 0.3) is 0 Å². The van der Waals surface area contributed by atoms with Gasteiger partial charge in [-0.15, -0.1) is 11.3 Å². The summed E-state index contributed by atoms with van der Waals surface area (Å²) < 4.78 is 0.646. The number of rotatable bonds is 4. The molecule has 14 heavy (non-hydrogen) atoms. The van der Waals surface area contributed by atoms with Crippen LogP contribution in [0.1, 0.15) is 30.7 Å². The molecule has 1 heterocycles. The third kappa shape index (κ3) is 2.71. The van der Waals surface area contributed by atoms with Crippen LogP contribution in [0.2, 0.25) is 4.34 Å². The highest BCUT2D eigenvalue weighted by Crippen LogP contribution is 2.32. The van der Waals surface area contributed by atoms with E-state index in [-0.39, 0.29) is 5.92 Å². The zero-order chi connectivity index (χ0) is 10.6. The summed E-state index contributed by atoms with van der Waals surface area (Å²) in [6, 6.07) is 5.64. The van der Waals surface area contributed by atoms with Crippen LogP contribution in [0, 0.1) is 17.2 Å². The van der Waals surface area contributed by atoms with Crippen molar-refractivity contribution in [2.45, 2.75) is 25.9 Å². The summed E-state index contributed by atoms with van der Waals surface area (Å²) in [4.78, 5) is 0.773. The quantitative estimate of drug-likeness (QED) is 0.860. The molecule has 2 atom stereocenters. The zero-order valence-corrected chi connectivity index (χ0v) is 9.48. The minimum atomic E-state index is -0.697. The molecular weight excluding hydrogens is 218 g/mol. The lowest BCUT2D eigenvalue weighted by Gasteiger charge is -2.13. The molecule has 2 nitrogen and oxygen atoms in total. The summed E-state index contributed by atoms with van der Waals surface area (Å²) >= 11 is 7.08. The summed E-state index contributed by atoms with van der Waals surface area (Å²) in [6.07, 6.45) is 0.916. The second kappa shape index (κ2) is 5.35. The maximum Gasteiger partial charge on any atom is 0.104 e. The Bertz CT molecular complexity index is 331. The van der Waals surface area contributed by atoms with Crippen LogP contribution in [0.15, 0.2) is 12.1 Å². The number of aliphatic hydroxyl groups is 1. The van der Waals surface area contributed by atoms with Crippen molar-refractivity contribution in [3.63, 3.8) is 0 Å². The number of nitrogens with zero attached hydrogens (tertiary/aromatic N) is 1. The molecule has 0 amide bonds. The van der Waals surface area contributed by atoms with Gasteiger partial charge in [-0.05, 0) is 18.6 Å². The monoisotopic (exact) mass is 229 g/mol. The Labute approximate surface area is 92.8 Å². The smallest absolute Gasteiger partial charge is 0.104 e. The van der Waals surface area contributed by atoms with Crippen molar-refractivity contribution in [2.24, 2.45) is 5.92 Å². The molecule has 0 aliphatic heterocycles. The average Bonchev–Trinajstić information content (AvgIpc) is 2.60. The maximum atomic E-state index is 9.85. The number of halogens is 1. The molecule has 0 bridgehead atoms. The maximum absolute atomic E-state index is 9.85. The molecule has 1 N–H and O–H groups in total. The van der Waals surface area contributed by atoms with Gasteiger partial charge in [0.15, 0.2) is 0 Å². The molecule has 1 aromatic rings. The Morgan fingerprint density at radius 3 is 2.79 bits per heavy atom. The summed E-state index contributed by atoms with van der Waals surface area (Å²) in [6.45, 7) is 2.00. The fraction of sp³-hybridized carbons (Fsp3) is 0.500. The molecule has 0 radical (unpaired) electrons. The third-order valence-electron chi connectivity index (χ3n) is 2.03. The summed E-state index contributed by atoms with van der Waals surface area (Å²) in [5.41, 5.74) is 0. The van der Waals surface area contributed by atoms with Crippen LogP contribution in [-0.2, 0) is 0 Å². The van der Waals surface area contributed by atoms with Crippen LogP contribution in [0.5, 0.6) is 0 Å². The van der Waals surface area contributed by atoms with Gasteiger partial charge in [0.1, 0.15) is 6.10 Å². The molecular formula is C10H12ClNOS. The van der Waals surface area contributed by atoms with Crippen molar-refractivity contribution in [3.05, 3.63) is 21.3 Å². The minimum Gasteiger partial charge on any atom is -0.386 e. The number of hydrogen-bond acceptors (Lipinski definition) is 3. The van der Waals surface area contributed by atoms with Crippen LogP contribution in [0.3, 0.4) is 0 Å². The lowest BCUT2D eigenvalue weighted by molar-refractivity contribution is 0.133. The Balaban J connectivity index is 2.73. The van der Waals surface area contributed by atoms with E-state index in [0.717, 1.165) is 11.3 Å². The van der Waals surface area contributed by atoms with Crippen LogP contribution >= 0.6 is 22.9 Å². The largest absolute Gasteiger partial charge is 0.386 e. The fourth-order valence-electron chi connectivity index (χ4n) is 1.29. The molecule has 0 saturated carbocycles. The van der Waals surface area contributed by atoms with Gasteiger partial charge in [-0.3, -0.25) is 0 Å². The van der Waals surface area contributed by atoms with Crippen LogP contribution in [0.25, 0.3) is 0 Å². The standard InChI is InChI=1S/C10H12ClNOS/c1-2-3-7(6-12)10(13)8-4-5-9(11)14-8/h4-5,7,10,13H,2-3H2,1H3. The Kier molecular flexibility index (Phi) is 4.40. The normalized spacial score (nSPS) is 14.7. The SMILES string of the molecule is CCCC(C#N)C(O)c1ccc(Cl)s1. The molecule has 76 valence electrons. The highest BCUT2D eigenvalue weighted by atomic mass is 35.5. The second-order valence-corrected chi connectivity index (χ2v) is 4.86. The second-order valence-electron chi connectivity index (χ2n) is 3.11. The van der Waals surface area contributed by atoms with Gasteiger partial charge in [0, 0.05) is 4.88 Å². The van der Waals surface area contributed by atoms with Gasteiger partial charge >= 0.3 is 0 Å². The lowest BCUT2D eigenvalue weighted by atomic mass is 9.98. The number of thiophene rings is 1. The van der Waals surface area contributed by atoms with E-state index in [1.165, 1.54) is 11.3 Å². The predicted octanol–water partition coefficient (Wildman–Crippen LogP) is 3.37. The van der Waals surface area contributed by atoms with Crippen LogP contribution in [0.4, 0.5) is 0 Å². The molecule has 0 spiro atoms. The van der Waals surface area contributed by atoms with Crippen LogP contribution < -0.4 is 0 Å². The highest BCUT2D eigenvalue weighted by molar-refractivity contribution is 7.16. The lowest BCUT2D eigenvalue weighted by Crippen LogP contribution is -2.08. The van der Waals surface area contributed by atoms with Gasteiger partial charge in [-0.2, -0.15) is 5.26 Å². The molecule has 0 aliphatic rings. The molecule has 4 heteroatoms. The topological polar surface area (TPSA) is 44.0 Å². The van der Waals surface area contributed by atoms with E-state index in [9.17, 15) is 5.11 Å². The average molecular weight is 230 g/mol. The van der Waals surface area contributed by atoms with Crippen molar-refractivity contribution >= 4 is 22.9 Å². The van der Waals surface area contributed by atoms with Crippen molar-refractivity contribution in [2.75, 3.05) is 0 Å². The van der Waals surface area contributed by atoms with Crippen LogP contribution in [-0.4, -0.2) is 5.11 Å². The van der Waals surface area contributed by atoms with Gasteiger partial charge in [0.05, 0.1) is 16.3 Å². The predicted molar refractivity (Wildman–Crippen MR) is 58.3 cm³/mol. The minimum absolute atomic E-state index is 0.324. The van der Waals surface area contributed by atoms with E-state index < -0.39 is 6.10 Å². The first-order valence-corrected chi connectivity index (χ1v) is 5.71. The Hall–Kier alpha value is -0.560. The van der Waals surface area contributed by atoms with E-state index in [2.05, 4.69) is 6.07 Å². The highest BCUT2D eigenvalue weighted by Gasteiger charge is 2.21. The van der Waals surface area contributed by atoms with Crippen molar-refractivity contribution in [1.82, 2.24) is 0 Å². The summed E-state index contributed by atoms with van der Waals surface area (Å²) in [7, 11) is 0. The molecule has 1 rings (SSSR count). The summed E-state index contributed by atoms with van der Waals surface area (Å²) in [5, 5.41) is 18.7. The first kappa shape index (κ1) is 11.5. The van der Waals surface area contributed by atoms with Crippen molar-refractivity contribution < 1.29 is 5.11 Å². The van der Waals surface area contributed by atoms with E-state index >= 15 is 0 Å². The summed E-state index contributed by atoms with van der Waals surface area (Å²) in [5.74, 6) is -0.324. The first-order valence-electron chi connectivity index (χ1n) is 4.52. The Morgan fingerprint density at radius 2 is 2.36 bits per heavy atom. The van der Waals surface area contributed by atoms with Gasteiger partial charge < -0.3 is 5.11 Å². The molecule has 2 unspecified atom stereocenters. The van der Waals surface area contributed by atoms with E-state index in [1.807, 2.05) is 6.92 Å². The van der Waals surface area contributed by atoms with Gasteiger partial charge in [0.2, 0.25) is 0 Å². The Morgan fingerprint density at radius 1 is 1.64 bits per heavy atom. The number of nitriles is 1. The van der Waals surface area contributed by atoms with E-state index in [1.54, 1.807) is 12.1 Å². The third-order valence-corrected chi connectivity index (χ3v) is 3.33. The van der Waals surface area contributed by atoms with E-state index in [4.69, 9.17) is 16.9 Å². The van der Waals surface area contributed by atoms with Crippen molar-refractivity contribution in [3.8, 4) is 6.07 Å². The molecule has 0 aliphatic carbocycles. The van der Waals surface area contributed by atoms with E-state index in [0.29, 0.717) is 10.8 Å². The molecule has 0 saturated heterocycles. The van der Waals surface area contributed by atoms with Gasteiger partial charge in [-0.25, -0.2) is 0 Å². The zero-order valence-electron chi connectivity index (χ0n) is 7.90. The number of hydrogen-bond donors (Lipinski definition) is 1.